The molecular weight excluding hydrogens is 196 g/mol. The summed E-state index contributed by atoms with van der Waals surface area (Å²) < 4.78 is 21.6. The van der Waals surface area contributed by atoms with Crippen LogP contribution in [0.3, 0.4) is 0 Å². The predicted octanol–water partition coefficient (Wildman–Crippen LogP) is -0.0123. The molecule has 1 rings (SSSR count). The van der Waals surface area contributed by atoms with Gasteiger partial charge in [0.2, 0.25) is 0 Å². The fraction of sp³-hybridized carbons (Fsp3) is 0.500. The van der Waals surface area contributed by atoms with E-state index in [2.05, 4.69) is 11.2 Å². The summed E-state index contributed by atoms with van der Waals surface area (Å²) in [6, 6.07) is -0.517. The van der Waals surface area contributed by atoms with Crippen molar-refractivity contribution in [1.82, 2.24) is 4.98 Å². The fourth-order valence-corrected chi connectivity index (χ4v) is 2.28. The van der Waals surface area contributed by atoms with Crippen LogP contribution in [0, 0.1) is 6.20 Å². The minimum absolute atomic E-state index is 0.0612. The molecule has 0 bridgehead atoms. The maximum absolute atomic E-state index is 10.8. The Morgan fingerprint density at radius 2 is 2.50 bits per heavy atom. The molecule has 2 N–H and O–H groups in total. The highest BCUT2D eigenvalue weighted by atomic mass is 32.2. The van der Waals surface area contributed by atoms with Crippen LogP contribution in [0.25, 0.3) is 0 Å². The van der Waals surface area contributed by atoms with Gasteiger partial charge in [-0.05, 0) is 0 Å². The molecule has 0 spiro atoms. The van der Waals surface area contributed by atoms with Crippen LogP contribution in [0.4, 0.5) is 0 Å². The van der Waals surface area contributed by atoms with Gasteiger partial charge < -0.3 is 5.73 Å². The number of nitrogens with zero attached hydrogens (tertiary/aromatic N) is 1. The van der Waals surface area contributed by atoms with Crippen LogP contribution in [0.2, 0.25) is 0 Å². The van der Waals surface area contributed by atoms with Gasteiger partial charge in [-0.15, -0.1) is 11.3 Å². The van der Waals surface area contributed by atoms with Crippen molar-refractivity contribution in [2.24, 2.45) is 5.73 Å². The number of thiazole rings is 1. The third-order valence-corrected chi connectivity index (χ3v) is 3.03. The Hall–Kier alpha value is -0.460. The Morgan fingerprint density at radius 3 is 2.92 bits per heavy atom. The number of nitrogens with two attached hydrogens (primary N) is 1. The van der Waals surface area contributed by atoms with Gasteiger partial charge >= 0.3 is 0 Å². The third-order valence-electron chi connectivity index (χ3n) is 1.21. The van der Waals surface area contributed by atoms with Crippen LogP contribution in [-0.2, 0) is 9.84 Å². The first kappa shape index (κ1) is 9.63. The zero-order valence-corrected chi connectivity index (χ0v) is 8.15. The van der Waals surface area contributed by atoms with Gasteiger partial charge in [0.1, 0.15) is 21.0 Å². The van der Waals surface area contributed by atoms with Gasteiger partial charge in [-0.25, -0.2) is 13.4 Å². The molecule has 12 heavy (non-hydrogen) atoms. The molecule has 0 aromatic carbocycles. The zero-order chi connectivity index (χ0) is 9.19. The first-order valence-electron chi connectivity index (χ1n) is 3.24. The quantitative estimate of drug-likeness (QED) is 0.753. The smallest absolute Gasteiger partial charge is 0.149 e. The summed E-state index contributed by atoms with van der Waals surface area (Å²) in [5.41, 5.74) is 5.57. The fourth-order valence-electron chi connectivity index (χ4n) is 0.771. The maximum Gasteiger partial charge on any atom is 0.149 e. The molecule has 1 aromatic heterocycles. The second-order valence-corrected chi connectivity index (χ2v) is 5.59. The Balaban J connectivity index is 2.68. The first-order valence-corrected chi connectivity index (χ1v) is 6.18. The van der Waals surface area contributed by atoms with Crippen molar-refractivity contribution in [3.63, 3.8) is 0 Å². The first-order chi connectivity index (χ1) is 5.49. The summed E-state index contributed by atoms with van der Waals surface area (Å²) in [4.78, 5) is 3.80. The van der Waals surface area contributed by atoms with Crippen molar-refractivity contribution in [2.45, 2.75) is 6.04 Å². The monoisotopic (exact) mass is 205 g/mol. The molecule has 0 aliphatic rings. The summed E-state index contributed by atoms with van der Waals surface area (Å²) in [7, 11) is -3.02. The lowest BCUT2D eigenvalue weighted by atomic mass is 10.4. The molecule has 6 heteroatoms. The topological polar surface area (TPSA) is 73.0 Å². The number of hydrogen-bond donors (Lipinski definition) is 1. The van der Waals surface area contributed by atoms with E-state index >= 15 is 0 Å². The van der Waals surface area contributed by atoms with Gasteiger partial charge in [-0.1, -0.05) is 0 Å². The molecule has 0 aliphatic carbocycles. The van der Waals surface area contributed by atoms with E-state index < -0.39 is 15.9 Å². The van der Waals surface area contributed by atoms with Crippen molar-refractivity contribution in [2.75, 3.05) is 12.0 Å². The molecule has 0 saturated heterocycles. The average molecular weight is 205 g/mol. The van der Waals surface area contributed by atoms with Crippen LogP contribution in [0.1, 0.15) is 11.0 Å². The molecule has 67 valence electrons. The average Bonchev–Trinajstić information content (AvgIpc) is 2.32. The lowest BCUT2D eigenvalue weighted by Crippen LogP contribution is -2.20. The van der Waals surface area contributed by atoms with Crippen LogP contribution in [0.5, 0.6) is 0 Å². The molecule has 4 nitrogen and oxygen atoms in total. The summed E-state index contributed by atoms with van der Waals surface area (Å²) in [6.07, 6.45) is 3.75. The van der Waals surface area contributed by atoms with Gasteiger partial charge in [0.05, 0.1) is 11.8 Å². The van der Waals surface area contributed by atoms with Crippen LogP contribution < -0.4 is 5.73 Å². The van der Waals surface area contributed by atoms with E-state index in [1.807, 2.05) is 0 Å². The van der Waals surface area contributed by atoms with Gasteiger partial charge in [0, 0.05) is 11.6 Å². The Morgan fingerprint density at radius 1 is 1.83 bits per heavy atom. The third kappa shape index (κ3) is 2.88. The summed E-state index contributed by atoms with van der Waals surface area (Å²) >= 11 is 1.32. The molecule has 1 aromatic rings. The molecule has 0 fully saturated rings. The van der Waals surface area contributed by atoms with Gasteiger partial charge in [-0.2, -0.15) is 0 Å². The SMILES string of the molecule is CS(=O)(=O)CC(N)c1n[c]cs1. The number of hydrogen-bond acceptors (Lipinski definition) is 5. The lowest BCUT2D eigenvalue weighted by Gasteiger charge is -2.05. The Bertz CT molecular complexity index is 330. The standard InChI is InChI=1S/C6H9N2O2S2/c1-12(9,10)4-5(7)6-8-2-3-11-6/h3,5H,4,7H2,1H3. The van der Waals surface area contributed by atoms with Crippen molar-refractivity contribution >= 4 is 21.2 Å². The molecular formula is C6H9N2O2S2. The van der Waals surface area contributed by atoms with Crippen LogP contribution in [-0.4, -0.2) is 25.4 Å². The summed E-state index contributed by atoms with van der Waals surface area (Å²) in [5, 5.41) is 2.26. The largest absolute Gasteiger partial charge is 0.321 e. The molecule has 0 amide bonds. The van der Waals surface area contributed by atoms with Gasteiger partial charge in [0.15, 0.2) is 0 Å². The predicted molar refractivity (Wildman–Crippen MR) is 47.6 cm³/mol. The molecule has 1 unspecified atom stereocenters. The van der Waals surface area contributed by atoms with E-state index in [1.165, 1.54) is 11.3 Å². The van der Waals surface area contributed by atoms with Crippen molar-refractivity contribution in [1.29, 1.82) is 0 Å². The van der Waals surface area contributed by atoms with E-state index in [1.54, 1.807) is 5.38 Å². The molecule has 1 radical (unpaired) electrons. The van der Waals surface area contributed by atoms with E-state index in [4.69, 9.17) is 5.73 Å². The lowest BCUT2D eigenvalue weighted by molar-refractivity contribution is 0.594. The molecule has 1 heterocycles. The number of sulfone groups is 1. The van der Waals surface area contributed by atoms with Crippen molar-refractivity contribution < 1.29 is 8.42 Å². The second kappa shape index (κ2) is 3.51. The normalized spacial score (nSPS) is 14.5. The van der Waals surface area contributed by atoms with Crippen molar-refractivity contribution in [3.05, 3.63) is 16.6 Å². The van der Waals surface area contributed by atoms with E-state index in [-0.39, 0.29) is 5.75 Å². The van der Waals surface area contributed by atoms with Gasteiger partial charge in [-0.3, -0.25) is 0 Å². The number of rotatable bonds is 3. The van der Waals surface area contributed by atoms with E-state index in [0.29, 0.717) is 5.01 Å². The Labute approximate surface area is 75.4 Å². The van der Waals surface area contributed by atoms with Gasteiger partial charge in [0.25, 0.3) is 0 Å². The van der Waals surface area contributed by atoms with Crippen LogP contribution in [0.15, 0.2) is 5.38 Å². The zero-order valence-electron chi connectivity index (χ0n) is 6.52. The minimum atomic E-state index is -3.02. The molecule has 0 saturated carbocycles. The molecule has 1 atom stereocenters. The summed E-state index contributed by atoms with van der Waals surface area (Å²) in [6.45, 7) is 0. The minimum Gasteiger partial charge on any atom is -0.321 e. The Kier molecular flexibility index (Phi) is 2.81. The van der Waals surface area contributed by atoms with Crippen molar-refractivity contribution in [3.8, 4) is 0 Å². The number of aromatic nitrogens is 1. The maximum atomic E-state index is 10.8. The van der Waals surface area contributed by atoms with Crippen LogP contribution >= 0.6 is 11.3 Å². The highest BCUT2D eigenvalue weighted by Crippen LogP contribution is 2.13. The highest BCUT2D eigenvalue weighted by Gasteiger charge is 2.14. The highest BCUT2D eigenvalue weighted by molar-refractivity contribution is 7.90. The van der Waals surface area contributed by atoms with E-state index in [9.17, 15) is 8.42 Å². The summed E-state index contributed by atoms with van der Waals surface area (Å²) in [5.74, 6) is -0.0612. The molecule has 0 aliphatic heterocycles. The second-order valence-electron chi connectivity index (χ2n) is 2.51. The van der Waals surface area contributed by atoms with E-state index in [0.717, 1.165) is 6.26 Å².